The van der Waals surface area contributed by atoms with Crippen molar-refractivity contribution in [3.8, 4) is 0 Å². The summed E-state index contributed by atoms with van der Waals surface area (Å²) in [5.41, 5.74) is 0. The monoisotopic (exact) mass is 198 g/mol. The van der Waals surface area contributed by atoms with Gasteiger partial charge in [-0.15, -0.1) is 0 Å². The van der Waals surface area contributed by atoms with Crippen molar-refractivity contribution in [2.45, 2.75) is 24.9 Å². The van der Waals surface area contributed by atoms with Gasteiger partial charge in [0.2, 0.25) is 5.91 Å². The molecule has 0 aromatic carbocycles. The number of fused-ring (bicyclic) bond motifs is 1. The molecule has 2 fully saturated rings. The molecule has 1 N–H and O–H groups in total. The van der Waals surface area contributed by atoms with Crippen LogP contribution < -0.4 is 5.32 Å². The maximum Gasteiger partial charge on any atom is 0.330 e. The fraction of sp³-hybridized carbons (Fsp3) is 0.778. The predicted octanol–water partition coefficient (Wildman–Crippen LogP) is -0.878. The smallest absolute Gasteiger partial charge is 0.330 e. The van der Waals surface area contributed by atoms with Crippen LogP contribution in [0, 0.1) is 0 Å². The number of carbonyl (C=O) groups is 2. The van der Waals surface area contributed by atoms with Gasteiger partial charge in [-0.25, -0.2) is 4.79 Å². The number of methoxy groups -OCH3 is 1. The fourth-order valence-electron chi connectivity index (χ4n) is 2.27. The molecule has 2 saturated heterocycles. The van der Waals surface area contributed by atoms with E-state index >= 15 is 0 Å². The molecule has 2 aliphatic rings. The van der Waals surface area contributed by atoms with E-state index in [-0.39, 0.29) is 17.9 Å². The maximum absolute atomic E-state index is 11.4. The van der Waals surface area contributed by atoms with Crippen LogP contribution in [0.3, 0.4) is 0 Å². The molecule has 2 heterocycles. The second-order valence-electron chi connectivity index (χ2n) is 3.75. The zero-order chi connectivity index (χ0) is 10.1. The lowest BCUT2D eigenvalue weighted by Gasteiger charge is -2.34. The van der Waals surface area contributed by atoms with Crippen molar-refractivity contribution in [3.63, 3.8) is 0 Å². The van der Waals surface area contributed by atoms with Crippen LogP contribution in [0.1, 0.15) is 12.8 Å². The molecule has 0 spiro atoms. The Hall–Kier alpha value is -1.10. The third kappa shape index (κ3) is 1.48. The van der Waals surface area contributed by atoms with Crippen LogP contribution in [0.2, 0.25) is 0 Å². The maximum atomic E-state index is 11.4. The SMILES string of the molecule is COC(=O)[C@@H]1NC(=O)CN2CCC[C@@H]12. The first kappa shape index (κ1) is 9.45. The molecule has 0 aromatic rings. The number of ether oxygens (including phenoxy) is 1. The van der Waals surface area contributed by atoms with E-state index in [9.17, 15) is 9.59 Å². The van der Waals surface area contributed by atoms with Crippen LogP contribution in [0.5, 0.6) is 0 Å². The first-order valence-corrected chi connectivity index (χ1v) is 4.83. The van der Waals surface area contributed by atoms with Gasteiger partial charge in [0.15, 0.2) is 0 Å². The van der Waals surface area contributed by atoms with Crippen molar-refractivity contribution in [2.75, 3.05) is 20.2 Å². The Bertz CT molecular complexity index is 267. The first-order valence-electron chi connectivity index (χ1n) is 4.83. The quantitative estimate of drug-likeness (QED) is 0.556. The van der Waals surface area contributed by atoms with Gasteiger partial charge in [0.25, 0.3) is 0 Å². The molecule has 2 aliphatic heterocycles. The minimum absolute atomic E-state index is 0.0847. The molecule has 2 rings (SSSR count). The average molecular weight is 198 g/mol. The molecule has 0 aromatic heterocycles. The van der Waals surface area contributed by atoms with Gasteiger partial charge in [-0.3, -0.25) is 9.69 Å². The molecule has 0 bridgehead atoms. The van der Waals surface area contributed by atoms with E-state index in [0.29, 0.717) is 6.54 Å². The van der Waals surface area contributed by atoms with Crippen molar-refractivity contribution < 1.29 is 14.3 Å². The van der Waals surface area contributed by atoms with Crippen LogP contribution in [-0.2, 0) is 14.3 Å². The third-order valence-electron chi connectivity index (χ3n) is 2.92. The molecule has 2 atom stereocenters. The Morgan fingerprint density at radius 3 is 3.14 bits per heavy atom. The Balaban J connectivity index is 2.13. The number of hydrogen-bond acceptors (Lipinski definition) is 4. The highest BCUT2D eigenvalue weighted by Crippen LogP contribution is 2.23. The summed E-state index contributed by atoms with van der Waals surface area (Å²) in [6.07, 6.45) is 2.01. The Labute approximate surface area is 82.4 Å². The standard InChI is InChI=1S/C9H14N2O3/c1-14-9(13)8-6-3-2-4-11(6)5-7(12)10-8/h6,8H,2-5H2,1H3,(H,10,12)/t6-,8+/m0/s1. The molecule has 1 amide bonds. The number of nitrogens with zero attached hydrogens (tertiary/aromatic N) is 1. The minimum atomic E-state index is -0.469. The van der Waals surface area contributed by atoms with Gasteiger partial charge < -0.3 is 10.1 Å². The van der Waals surface area contributed by atoms with Crippen molar-refractivity contribution in [2.24, 2.45) is 0 Å². The molecule has 0 aliphatic carbocycles. The normalized spacial score (nSPS) is 32.2. The molecule has 5 heteroatoms. The Kier molecular flexibility index (Phi) is 2.41. The third-order valence-corrected chi connectivity index (χ3v) is 2.92. The largest absolute Gasteiger partial charge is 0.467 e. The van der Waals surface area contributed by atoms with Crippen LogP contribution in [0.25, 0.3) is 0 Å². The minimum Gasteiger partial charge on any atom is -0.467 e. The Morgan fingerprint density at radius 2 is 2.43 bits per heavy atom. The number of esters is 1. The summed E-state index contributed by atoms with van der Waals surface area (Å²) in [7, 11) is 1.35. The fourth-order valence-corrected chi connectivity index (χ4v) is 2.27. The van der Waals surface area contributed by atoms with Crippen molar-refractivity contribution in [3.05, 3.63) is 0 Å². The summed E-state index contributed by atoms with van der Waals surface area (Å²) in [4.78, 5) is 24.7. The second-order valence-corrected chi connectivity index (χ2v) is 3.75. The zero-order valence-corrected chi connectivity index (χ0v) is 8.16. The molecule has 0 radical (unpaired) electrons. The van der Waals surface area contributed by atoms with Gasteiger partial charge in [0.1, 0.15) is 6.04 Å². The lowest BCUT2D eigenvalue weighted by Crippen LogP contribution is -2.61. The second kappa shape index (κ2) is 3.57. The van der Waals surface area contributed by atoms with Crippen LogP contribution in [0.4, 0.5) is 0 Å². The number of carbonyl (C=O) groups excluding carboxylic acids is 2. The van der Waals surface area contributed by atoms with Gasteiger partial charge in [0, 0.05) is 6.04 Å². The van der Waals surface area contributed by atoms with Gasteiger partial charge in [-0.05, 0) is 19.4 Å². The van der Waals surface area contributed by atoms with E-state index in [1.54, 1.807) is 0 Å². The van der Waals surface area contributed by atoms with E-state index in [0.717, 1.165) is 19.4 Å². The summed E-state index contributed by atoms with van der Waals surface area (Å²) < 4.78 is 4.67. The molecule has 5 nitrogen and oxygen atoms in total. The topological polar surface area (TPSA) is 58.6 Å². The number of nitrogens with one attached hydrogen (secondary N) is 1. The van der Waals surface area contributed by atoms with Crippen LogP contribution in [0.15, 0.2) is 0 Å². The molecule has 0 unspecified atom stereocenters. The van der Waals surface area contributed by atoms with Gasteiger partial charge in [0.05, 0.1) is 13.7 Å². The van der Waals surface area contributed by atoms with E-state index < -0.39 is 6.04 Å². The van der Waals surface area contributed by atoms with Gasteiger partial charge in [-0.2, -0.15) is 0 Å². The van der Waals surface area contributed by atoms with E-state index in [1.807, 2.05) is 0 Å². The van der Waals surface area contributed by atoms with Crippen LogP contribution in [-0.4, -0.2) is 49.1 Å². The van der Waals surface area contributed by atoms with E-state index in [4.69, 9.17) is 0 Å². The first-order chi connectivity index (χ1) is 6.72. The summed E-state index contributed by atoms with van der Waals surface area (Å²) in [5.74, 6) is -0.423. The summed E-state index contributed by atoms with van der Waals surface area (Å²) >= 11 is 0. The molecule has 0 saturated carbocycles. The molecule has 14 heavy (non-hydrogen) atoms. The number of piperazine rings is 1. The lowest BCUT2D eigenvalue weighted by molar-refractivity contribution is -0.149. The summed E-state index contributed by atoms with van der Waals surface area (Å²) in [6, 6.07) is -0.330. The van der Waals surface area contributed by atoms with E-state index in [2.05, 4.69) is 15.0 Å². The average Bonchev–Trinajstić information content (AvgIpc) is 2.62. The zero-order valence-electron chi connectivity index (χ0n) is 8.16. The Morgan fingerprint density at radius 1 is 1.64 bits per heavy atom. The van der Waals surface area contributed by atoms with Crippen molar-refractivity contribution in [1.82, 2.24) is 10.2 Å². The van der Waals surface area contributed by atoms with Crippen molar-refractivity contribution in [1.29, 1.82) is 0 Å². The lowest BCUT2D eigenvalue weighted by atomic mass is 10.0. The highest BCUT2D eigenvalue weighted by Gasteiger charge is 2.41. The number of amides is 1. The highest BCUT2D eigenvalue weighted by molar-refractivity contribution is 5.87. The summed E-state index contributed by atoms with van der Waals surface area (Å²) in [5, 5.41) is 2.68. The van der Waals surface area contributed by atoms with Gasteiger partial charge in [-0.1, -0.05) is 0 Å². The van der Waals surface area contributed by atoms with Crippen molar-refractivity contribution >= 4 is 11.9 Å². The number of hydrogen-bond donors (Lipinski definition) is 1. The number of rotatable bonds is 1. The molecule has 78 valence electrons. The van der Waals surface area contributed by atoms with Gasteiger partial charge >= 0.3 is 5.97 Å². The molecular formula is C9H14N2O3. The van der Waals surface area contributed by atoms with E-state index in [1.165, 1.54) is 7.11 Å². The summed E-state index contributed by atoms with van der Waals surface area (Å²) in [6.45, 7) is 1.32. The predicted molar refractivity (Wildman–Crippen MR) is 48.5 cm³/mol. The molecular weight excluding hydrogens is 184 g/mol. The van der Waals surface area contributed by atoms with Crippen LogP contribution >= 0.6 is 0 Å². The highest BCUT2D eigenvalue weighted by atomic mass is 16.5.